The molecule has 3 heterocycles. The van der Waals surface area contributed by atoms with Gasteiger partial charge in [0, 0.05) is 16.8 Å². The van der Waals surface area contributed by atoms with Crippen molar-refractivity contribution in [3.05, 3.63) is 52.3 Å². The van der Waals surface area contributed by atoms with Crippen molar-refractivity contribution in [2.45, 2.75) is 6.92 Å². The first-order valence-corrected chi connectivity index (χ1v) is 6.29. The molecule has 0 unspecified atom stereocenters. The molecule has 0 bridgehead atoms. The maximum Gasteiger partial charge on any atom is 0.160 e. The predicted octanol–water partition coefficient (Wildman–Crippen LogP) is 3.79. The predicted molar refractivity (Wildman–Crippen MR) is 70.8 cm³/mol. The third kappa shape index (κ3) is 1.51. The summed E-state index contributed by atoms with van der Waals surface area (Å²) in [5.74, 6) is 0. The second-order valence-corrected chi connectivity index (χ2v) is 4.91. The number of hydrogen-bond acceptors (Lipinski definition) is 2. The summed E-state index contributed by atoms with van der Waals surface area (Å²) in [5, 5.41) is 1.96. The van der Waals surface area contributed by atoms with Gasteiger partial charge in [-0.05, 0) is 42.6 Å². The van der Waals surface area contributed by atoms with E-state index in [9.17, 15) is 4.79 Å². The topological polar surface area (TPSA) is 21.5 Å². The number of carbonyl (C=O) groups is 1. The fraction of sp³-hybridized carbons (Fsp3) is 0.0714. The van der Waals surface area contributed by atoms with E-state index in [0.29, 0.717) is 0 Å². The van der Waals surface area contributed by atoms with Gasteiger partial charge < -0.3 is 4.40 Å². The van der Waals surface area contributed by atoms with E-state index in [0.717, 1.165) is 27.9 Å². The van der Waals surface area contributed by atoms with Crippen LogP contribution in [0.3, 0.4) is 0 Å². The van der Waals surface area contributed by atoms with Gasteiger partial charge >= 0.3 is 0 Å². The Kier molecular flexibility index (Phi) is 2.34. The first-order valence-electron chi connectivity index (χ1n) is 5.41. The van der Waals surface area contributed by atoms with Crippen LogP contribution in [0.5, 0.6) is 0 Å². The molecule has 0 amide bonds. The summed E-state index contributed by atoms with van der Waals surface area (Å²) in [5.41, 5.74) is 4.43. The van der Waals surface area contributed by atoms with Crippen LogP contribution in [0.4, 0.5) is 0 Å². The van der Waals surface area contributed by atoms with E-state index in [1.165, 1.54) is 17.0 Å². The molecule has 3 aromatic rings. The van der Waals surface area contributed by atoms with Gasteiger partial charge in [-0.1, -0.05) is 6.07 Å². The summed E-state index contributed by atoms with van der Waals surface area (Å²) >= 11 is 1.48. The average Bonchev–Trinajstić information content (AvgIpc) is 2.94. The number of aryl methyl sites for hydroxylation is 1. The number of hydrogen-bond donors (Lipinski definition) is 0. The van der Waals surface area contributed by atoms with E-state index >= 15 is 0 Å². The van der Waals surface area contributed by atoms with Crippen molar-refractivity contribution >= 4 is 23.1 Å². The van der Waals surface area contributed by atoms with Crippen LogP contribution in [0.2, 0.25) is 0 Å². The van der Waals surface area contributed by atoms with Crippen LogP contribution in [0.15, 0.2) is 41.8 Å². The average molecular weight is 241 g/mol. The van der Waals surface area contributed by atoms with Crippen molar-refractivity contribution in [3.63, 3.8) is 0 Å². The highest BCUT2D eigenvalue weighted by molar-refractivity contribution is 7.12. The Morgan fingerprint density at radius 1 is 1.18 bits per heavy atom. The van der Waals surface area contributed by atoms with Gasteiger partial charge in [-0.15, -0.1) is 11.3 Å². The highest BCUT2D eigenvalue weighted by Crippen LogP contribution is 2.29. The van der Waals surface area contributed by atoms with Gasteiger partial charge in [0.25, 0.3) is 0 Å². The van der Waals surface area contributed by atoms with E-state index in [4.69, 9.17) is 0 Å². The SMILES string of the molecule is Cc1cccc2ccc(-c3ccsc3C=O)n12. The van der Waals surface area contributed by atoms with E-state index in [2.05, 4.69) is 35.6 Å². The molecule has 0 atom stereocenters. The zero-order chi connectivity index (χ0) is 11.8. The fourth-order valence-electron chi connectivity index (χ4n) is 2.17. The minimum atomic E-state index is 0.785. The zero-order valence-electron chi connectivity index (χ0n) is 9.38. The summed E-state index contributed by atoms with van der Waals surface area (Å²) in [4.78, 5) is 11.8. The Balaban J connectivity index is 2.35. The molecule has 17 heavy (non-hydrogen) atoms. The van der Waals surface area contributed by atoms with E-state index in [1.54, 1.807) is 0 Å². The molecule has 0 aliphatic rings. The molecule has 84 valence electrons. The van der Waals surface area contributed by atoms with Gasteiger partial charge in [-0.2, -0.15) is 0 Å². The maximum absolute atomic E-state index is 11.0. The normalized spacial score (nSPS) is 10.9. The third-order valence-corrected chi connectivity index (χ3v) is 3.79. The standard InChI is InChI=1S/C14H11NOS/c1-10-3-2-4-11-5-6-13(15(10)11)12-7-8-17-14(12)9-16/h2-9H,1H3. The van der Waals surface area contributed by atoms with Gasteiger partial charge in [0.05, 0.1) is 10.6 Å². The molecular formula is C14H11NOS. The molecule has 0 radical (unpaired) electrons. The van der Waals surface area contributed by atoms with Crippen molar-refractivity contribution < 1.29 is 4.79 Å². The number of pyridine rings is 1. The van der Waals surface area contributed by atoms with Crippen molar-refractivity contribution in [3.8, 4) is 11.3 Å². The number of rotatable bonds is 2. The minimum Gasteiger partial charge on any atom is -0.314 e. The number of aromatic nitrogens is 1. The van der Waals surface area contributed by atoms with Crippen molar-refractivity contribution in [2.75, 3.05) is 0 Å². The van der Waals surface area contributed by atoms with Crippen molar-refractivity contribution in [1.82, 2.24) is 4.40 Å². The van der Waals surface area contributed by atoms with E-state index in [1.807, 2.05) is 17.5 Å². The second-order valence-electron chi connectivity index (χ2n) is 3.96. The quantitative estimate of drug-likeness (QED) is 0.625. The molecule has 3 aromatic heterocycles. The van der Waals surface area contributed by atoms with Crippen LogP contribution in [-0.4, -0.2) is 10.7 Å². The van der Waals surface area contributed by atoms with Gasteiger partial charge in [0.15, 0.2) is 6.29 Å². The molecule has 0 N–H and O–H groups in total. The lowest BCUT2D eigenvalue weighted by Crippen LogP contribution is -1.93. The Bertz CT molecular complexity index is 693. The van der Waals surface area contributed by atoms with Crippen LogP contribution in [0.25, 0.3) is 16.8 Å². The third-order valence-electron chi connectivity index (χ3n) is 2.95. The number of aldehydes is 1. The lowest BCUT2D eigenvalue weighted by molar-refractivity contribution is 0.112. The Morgan fingerprint density at radius 3 is 2.88 bits per heavy atom. The summed E-state index contributed by atoms with van der Waals surface area (Å²) in [7, 11) is 0. The molecule has 0 aromatic carbocycles. The molecule has 3 heteroatoms. The van der Waals surface area contributed by atoms with Crippen molar-refractivity contribution in [2.24, 2.45) is 0 Å². The lowest BCUT2D eigenvalue weighted by Gasteiger charge is -2.05. The maximum atomic E-state index is 11.0. The number of fused-ring (bicyclic) bond motifs is 1. The van der Waals surface area contributed by atoms with Crippen LogP contribution < -0.4 is 0 Å². The molecule has 0 saturated heterocycles. The van der Waals surface area contributed by atoms with Gasteiger partial charge in [-0.25, -0.2) is 0 Å². The summed E-state index contributed by atoms with van der Waals surface area (Å²) in [6, 6.07) is 12.3. The lowest BCUT2D eigenvalue weighted by atomic mass is 10.2. The molecule has 0 spiro atoms. The second kappa shape index (κ2) is 3.86. The van der Waals surface area contributed by atoms with Crippen molar-refractivity contribution in [1.29, 1.82) is 0 Å². The van der Waals surface area contributed by atoms with Crippen LogP contribution in [-0.2, 0) is 0 Å². The zero-order valence-corrected chi connectivity index (χ0v) is 10.2. The highest BCUT2D eigenvalue weighted by Gasteiger charge is 2.10. The molecule has 0 saturated carbocycles. The smallest absolute Gasteiger partial charge is 0.160 e. The monoisotopic (exact) mass is 241 g/mol. The number of thiophene rings is 1. The fourth-order valence-corrected chi connectivity index (χ4v) is 2.88. The molecule has 0 aliphatic heterocycles. The van der Waals surface area contributed by atoms with E-state index < -0.39 is 0 Å². The first kappa shape index (κ1) is 10.3. The van der Waals surface area contributed by atoms with Crippen LogP contribution >= 0.6 is 11.3 Å². The van der Waals surface area contributed by atoms with Gasteiger partial charge in [0.1, 0.15) is 0 Å². The Hall–Kier alpha value is -1.87. The Labute approximate surface area is 103 Å². The molecule has 3 rings (SSSR count). The summed E-state index contributed by atoms with van der Waals surface area (Å²) in [6.45, 7) is 2.07. The summed E-state index contributed by atoms with van der Waals surface area (Å²) in [6.07, 6.45) is 0.928. The molecule has 2 nitrogen and oxygen atoms in total. The minimum absolute atomic E-state index is 0.785. The number of carbonyl (C=O) groups excluding carboxylic acids is 1. The first-order chi connectivity index (χ1) is 8.31. The van der Waals surface area contributed by atoms with Gasteiger partial charge in [-0.3, -0.25) is 4.79 Å². The molecule has 0 aliphatic carbocycles. The van der Waals surface area contributed by atoms with Crippen LogP contribution in [0.1, 0.15) is 15.4 Å². The van der Waals surface area contributed by atoms with Gasteiger partial charge in [0.2, 0.25) is 0 Å². The molecule has 0 fully saturated rings. The Morgan fingerprint density at radius 2 is 2.06 bits per heavy atom. The van der Waals surface area contributed by atoms with Crippen LogP contribution in [0, 0.1) is 6.92 Å². The molecular weight excluding hydrogens is 230 g/mol. The number of nitrogens with zero attached hydrogens (tertiary/aromatic N) is 1. The van der Waals surface area contributed by atoms with E-state index in [-0.39, 0.29) is 0 Å². The summed E-state index contributed by atoms with van der Waals surface area (Å²) < 4.78 is 2.18. The largest absolute Gasteiger partial charge is 0.314 e. The highest BCUT2D eigenvalue weighted by atomic mass is 32.1.